The highest BCUT2D eigenvalue weighted by atomic mass is 19.1. The predicted molar refractivity (Wildman–Crippen MR) is 98.1 cm³/mol. The normalized spacial score (nSPS) is 14.2. The van der Waals surface area contributed by atoms with Crippen LogP contribution in [0.2, 0.25) is 0 Å². The second-order valence-electron chi connectivity index (χ2n) is 6.39. The van der Waals surface area contributed by atoms with Crippen molar-refractivity contribution in [1.29, 1.82) is 0 Å². The summed E-state index contributed by atoms with van der Waals surface area (Å²) in [5.74, 6) is -0.242. The van der Waals surface area contributed by atoms with Crippen molar-refractivity contribution in [3.63, 3.8) is 0 Å². The molecule has 0 spiro atoms. The van der Waals surface area contributed by atoms with E-state index in [4.69, 9.17) is 9.47 Å². The summed E-state index contributed by atoms with van der Waals surface area (Å²) in [4.78, 5) is 25.1. The zero-order valence-electron chi connectivity index (χ0n) is 15.2. The topological polar surface area (TPSA) is 76.7 Å². The average molecular weight is 372 g/mol. The second-order valence-corrected chi connectivity index (χ2v) is 6.39. The first-order valence-electron chi connectivity index (χ1n) is 8.55. The maximum absolute atomic E-state index is 13.7. The van der Waals surface area contributed by atoms with E-state index in [-0.39, 0.29) is 18.1 Å². The first-order valence-corrected chi connectivity index (χ1v) is 8.55. The number of amides is 2. The van der Waals surface area contributed by atoms with E-state index in [2.05, 4.69) is 10.6 Å². The standard InChI is InChI=1S/C20H21FN2O4/c1-26-16-8-7-13(11-17(16)27-2)12-22-18(24)20(9-10-20)19(25)23-15-6-4-3-5-14(15)21/h3-8,11H,9-10,12H2,1-2H3,(H,22,24)(H,23,25). The Bertz CT molecular complexity index is 865. The largest absolute Gasteiger partial charge is 0.493 e. The van der Waals surface area contributed by atoms with Gasteiger partial charge in [-0.2, -0.15) is 0 Å². The quantitative estimate of drug-likeness (QED) is 0.733. The number of hydrogen-bond acceptors (Lipinski definition) is 4. The molecule has 0 bridgehead atoms. The average Bonchev–Trinajstić information content (AvgIpc) is 3.49. The summed E-state index contributed by atoms with van der Waals surface area (Å²) in [6.07, 6.45) is 0.871. The summed E-state index contributed by atoms with van der Waals surface area (Å²) in [6.45, 7) is 0.244. The molecule has 2 amide bonds. The summed E-state index contributed by atoms with van der Waals surface area (Å²) in [6, 6.07) is 11.2. The molecule has 142 valence electrons. The molecule has 1 saturated carbocycles. The van der Waals surface area contributed by atoms with Gasteiger partial charge in [-0.1, -0.05) is 18.2 Å². The number of benzene rings is 2. The summed E-state index contributed by atoms with van der Waals surface area (Å²) < 4.78 is 24.1. The Balaban J connectivity index is 1.64. The molecule has 1 aliphatic rings. The van der Waals surface area contributed by atoms with Crippen LogP contribution in [0, 0.1) is 11.2 Å². The van der Waals surface area contributed by atoms with Gasteiger partial charge in [0.15, 0.2) is 11.5 Å². The lowest BCUT2D eigenvalue weighted by Crippen LogP contribution is -2.39. The van der Waals surface area contributed by atoms with E-state index in [1.54, 1.807) is 31.4 Å². The number of carbonyl (C=O) groups is 2. The van der Waals surface area contributed by atoms with E-state index in [9.17, 15) is 14.0 Å². The number of halogens is 1. The molecule has 27 heavy (non-hydrogen) atoms. The molecule has 7 heteroatoms. The molecule has 0 heterocycles. The minimum absolute atomic E-state index is 0.0708. The summed E-state index contributed by atoms with van der Waals surface area (Å²) in [5, 5.41) is 5.30. The Morgan fingerprint density at radius 2 is 1.74 bits per heavy atom. The number of hydrogen-bond donors (Lipinski definition) is 2. The molecule has 0 unspecified atom stereocenters. The maximum atomic E-state index is 13.7. The van der Waals surface area contributed by atoms with Gasteiger partial charge in [-0.3, -0.25) is 9.59 Å². The number of rotatable bonds is 7. The van der Waals surface area contributed by atoms with Gasteiger partial charge in [-0.15, -0.1) is 0 Å². The lowest BCUT2D eigenvalue weighted by atomic mass is 10.0. The molecule has 0 saturated heterocycles. The van der Waals surface area contributed by atoms with Crippen LogP contribution in [0.15, 0.2) is 42.5 Å². The summed E-state index contributed by atoms with van der Waals surface area (Å²) in [5.41, 5.74) is -0.258. The third-order valence-electron chi connectivity index (χ3n) is 4.64. The molecule has 0 atom stereocenters. The van der Waals surface area contributed by atoms with Gasteiger partial charge in [-0.05, 0) is 42.7 Å². The highest BCUT2D eigenvalue weighted by Gasteiger charge is 2.56. The molecule has 2 aromatic carbocycles. The smallest absolute Gasteiger partial charge is 0.240 e. The SMILES string of the molecule is COc1ccc(CNC(=O)C2(C(=O)Nc3ccccc3F)CC2)cc1OC. The molecule has 2 aromatic rings. The molecule has 1 aliphatic carbocycles. The van der Waals surface area contributed by atoms with E-state index in [0.29, 0.717) is 24.3 Å². The van der Waals surface area contributed by atoms with Crippen LogP contribution in [0.5, 0.6) is 11.5 Å². The molecule has 3 rings (SSSR count). The molecule has 0 radical (unpaired) electrons. The first-order chi connectivity index (χ1) is 13.0. The first kappa shape index (κ1) is 18.7. The molecular formula is C20H21FN2O4. The van der Waals surface area contributed by atoms with Crippen molar-refractivity contribution in [2.45, 2.75) is 19.4 Å². The van der Waals surface area contributed by atoms with Crippen molar-refractivity contribution < 1.29 is 23.5 Å². The Morgan fingerprint density at radius 3 is 2.37 bits per heavy atom. The van der Waals surface area contributed by atoms with E-state index in [1.807, 2.05) is 0 Å². The number of para-hydroxylation sites is 1. The molecule has 2 N–H and O–H groups in total. The van der Waals surface area contributed by atoms with E-state index in [1.165, 1.54) is 25.3 Å². The third kappa shape index (κ3) is 3.86. The number of carbonyl (C=O) groups excluding carboxylic acids is 2. The van der Waals surface area contributed by atoms with E-state index < -0.39 is 17.1 Å². The van der Waals surface area contributed by atoms with Gasteiger partial charge in [0.2, 0.25) is 11.8 Å². The second kappa shape index (κ2) is 7.65. The maximum Gasteiger partial charge on any atom is 0.240 e. The van der Waals surface area contributed by atoms with Crippen LogP contribution in [0.1, 0.15) is 18.4 Å². The Hall–Kier alpha value is -3.09. The minimum Gasteiger partial charge on any atom is -0.493 e. The third-order valence-corrected chi connectivity index (χ3v) is 4.64. The zero-order chi connectivity index (χ0) is 19.4. The lowest BCUT2D eigenvalue weighted by Gasteiger charge is -2.16. The number of nitrogens with one attached hydrogen (secondary N) is 2. The summed E-state index contributed by atoms with van der Waals surface area (Å²) >= 11 is 0. The van der Waals surface area contributed by atoms with Crippen LogP contribution in [0.25, 0.3) is 0 Å². The van der Waals surface area contributed by atoms with Gasteiger partial charge in [0, 0.05) is 6.54 Å². The number of methoxy groups -OCH3 is 2. The van der Waals surface area contributed by atoms with Gasteiger partial charge < -0.3 is 20.1 Å². The minimum atomic E-state index is -1.14. The van der Waals surface area contributed by atoms with Crippen molar-refractivity contribution in [3.8, 4) is 11.5 Å². The Labute approximate surface area is 156 Å². The predicted octanol–water partition coefficient (Wildman–Crippen LogP) is 2.88. The van der Waals surface area contributed by atoms with Crippen molar-refractivity contribution >= 4 is 17.5 Å². The van der Waals surface area contributed by atoms with Gasteiger partial charge in [0.05, 0.1) is 19.9 Å². The van der Waals surface area contributed by atoms with Crippen molar-refractivity contribution in [2.24, 2.45) is 5.41 Å². The van der Waals surface area contributed by atoms with Gasteiger partial charge in [0.25, 0.3) is 0 Å². The fourth-order valence-corrected chi connectivity index (χ4v) is 2.83. The van der Waals surface area contributed by atoms with Crippen LogP contribution in [-0.4, -0.2) is 26.0 Å². The van der Waals surface area contributed by atoms with Gasteiger partial charge in [-0.25, -0.2) is 4.39 Å². The molecule has 6 nitrogen and oxygen atoms in total. The summed E-state index contributed by atoms with van der Waals surface area (Å²) in [7, 11) is 3.08. The Morgan fingerprint density at radius 1 is 1.04 bits per heavy atom. The van der Waals surface area contributed by atoms with Crippen LogP contribution in [-0.2, 0) is 16.1 Å². The number of ether oxygens (including phenoxy) is 2. The van der Waals surface area contributed by atoms with Gasteiger partial charge >= 0.3 is 0 Å². The lowest BCUT2D eigenvalue weighted by molar-refractivity contribution is -0.134. The van der Waals surface area contributed by atoms with Crippen molar-refractivity contribution in [3.05, 3.63) is 53.8 Å². The van der Waals surface area contributed by atoms with Crippen LogP contribution in [0.3, 0.4) is 0 Å². The van der Waals surface area contributed by atoms with Crippen LogP contribution < -0.4 is 20.1 Å². The Kier molecular flexibility index (Phi) is 5.30. The highest BCUT2D eigenvalue weighted by Crippen LogP contribution is 2.47. The monoisotopic (exact) mass is 372 g/mol. The molecular weight excluding hydrogens is 351 g/mol. The van der Waals surface area contributed by atoms with Gasteiger partial charge in [0.1, 0.15) is 11.2 Å². The fraction of sp³-hybridized carbons (Fsp3) is 0.300. The van der Waals surface area contributed by atoms with Crippen LogP contribution in [0.4, 0.5) is 10.1 Å². The van der Waals surface area contributed by atoms with Crippen molar-refractivity contribution in [2.75, 3.05) is 19.5 Å². The van der Waals surface area contributed by atoms with E-state index in [0.717, 1.165) is 5.56 Å². The molecule has 0 aromatic heterocycles. The van der Waals surface area contributed by atoms with Crippen LogP contribution >= 0.6 is 0 Å². The zero-order valence-corrected chi connectivity index (χ0v) is 15.2. The van der Waals surface area contributed by atoms with Crippen molar-refractivity contribution in [1.82, 2.24) is 5.32 Å². The highest BCUT2D eigenvalue weighted by molar-refractivity contribution is 6.13. The number of anilines is 1. The van der Waals surface area contributed by atoms with E-state index >= 15 is 0 Å². The fourth-order valence-electron chi connectivity index (χ4n) is 2.83. The molecule has 0 aliphatic heterocycles. The molecule has 1 fully saturated rings.